The molecular formula is C23H28N3OS+. The van der Waals surface area contributed by atoms with E-state index in [0.717, 1.165) is 23.4 Å². The summed E-state index contributed by atoms with van der Waals surface area (Å²) in [5.41, 5.74) is 3.87. The minimum Gasteiger partial charge on any atom is -0.332 e. The van der Waals surface area contributed by atoms with Crippen LogP contribution in [0.3, 0.4) is 0 Å². The molecule has 1 aliphatic rings. The lowest BCUT2D eigenvalue weighted by Crippen LogP contribution is -3.10. The second-order valence-corrected chi connectivity index (χ2v) is 8.93. The van der Waals surface area contributed by atoms with Gasteiger partial charge in [0.15, 0.2) is 6.54 Å². The van der Waals surface area contributed by atoms with Crippen LogP contribution >= 0.6 is 11.3 Å². The number of carbonyl (C=O) groups excluding carboxylic acids is 1. The summed E-state index contributed by atoms with van der Waals surface area (Å²) in [7, 11) is 4.06. The van der Waals surface area contributed by atoms with E-state index in [2.05, 4.69) is 44.3 Å². The Bertz CT molecular complexity index is 950. The fourth-order valence-corrected chi connectivity index (χ4v) is 5.27. The smallest absolute Gasteiger partial charge is 0.278 e. The fraction of sp³-hybridized carbons (Fsp3) is 0.391. The molecule has 5 heteroatoms. The number of aryl methyl sites for hydroxylation is 1. The molecule has 0 saturated heterocycles. The van der Waals surface area contributed by atoms with E-state index in [1.165, 1.54) is 27.1 Å². The number of nitrogens with zero attached hydrogens (tertiary/aromatic N) is 2. The highest BCUT2D eigenvalue weighted by molar-refractivity contribution is 7.18. The molecule has 1 amide bonds. The van der Waals surface area contributed by atoms with Gasteiger partial charge in [-0.1, -0.05) is 36.4 Å². The number of thiazole rings is 1. The van der Waals surface area contributed by atoms with Crippen LogP contribution in [0.2, 0.25) is 0 Å². The molecule has 28 heavy (non-hydrogen) atoms. The Hall–Kier alpha value is -2.24. The van der Waals surface area contributed by atoms with E-state index in [0.29, 0.717) is 12.6 Å². The van der Waals surface area contributed by atoms with Crippen LogP contribution < -0.4 is 4.90 Å². The normalized spacial score (nSPS) is 18.5. The highest BCUT2D eigenvalue weighted by Crippen LogP contribution is 2.29. The standard InChI is InChI=1S/C23H27N3OS/c1-16(23-24-19-12-6-7-14-21(19)28-23)26(3)22(27)15-25(2)20-13-8-10-17-9-4-5-11-18(17)20/h4-7,9,11-12,14,16,20H,8,10,13,15H2,1-3H3/p+1/t16-,20+/m0/s1. The van der Waals surface area contributed by atoms with E-state index in [-0.39, 0.29) is 11.9 Å². The number of hydrogen-bond donors (Lipinski definition) is 1. The third-order valence-corrected chi connectivity index (χ3v) is 7.24. The van der Waals surface area contributed by atoms with Gasteiger partial charge in [0.05, 0.1) is 23.3 Å². The van der Waals surface area contributed by atoms with Gasteiger partial charge >= 0.3 is 0 Å². The molecule has 0 bridgehead atoms. The molecule has 3 atom stereocenters. The summed E-state index contributed by atoms with van der Waals surface area (Å²) >= 11 is 1.68. The number of benzene rings is 2. The number of carbonyl (C=O) groups is 1. The van der Waals surface area contributed by atoms with Crippen molar-refractivity contribution in [2.75, 3.05) is 20.6 Å². The predicted molar refractivity (Wildman–Crippen MR) is 115 cm³/mol. The van der Waals surface area contributed by atoms with Crippen molar-refractivity contribution in [3.63, 3.8) is 0 Å². The number of likely N-dealkylation sites (N-methyl/N-ethyl adjacent to an activating group) is 2. The summed E-state index contributed by atoms with van der Waals surface area (Å²) < 4.78 is 1.17. The largest absolute Gasteiger partial charge is 0.332 e. The van der Waals surface area contributed by atoms with Gasteiger partial charge in [0, 0.05) is 19.0 Å². The number of hydrogen-bond acceptors (Lipinski definition) is 3. The fourth-order valence-electron chi connectivity index (χ4n) is 4.20. The molecule has 2 aromatic carbocycles. The van der Waals surface area contributed by atoms with Crippen molar-refractivity contribution in [2.24, 2.45) is 0 Å². The Morgan fingerprint density at radius 2 is 2.00 bits per heavy atom. The van der Waals surface area contributed by atoms with Gasteiger partial charge in [-0.2, -0.15) is 0 Å². The molecule has 1 heterocycles. The van der Waals surface area contributed by atoms with Crippen LogP contribution in [0.15, 0.2) is 48.5 Å². The summed E-state index contributed by atoms with van der Waals surface area (Å²) in [4.78, 5) is 20.9. The molecule has 0 saturated carbocycles. The Morgan fingerprint density at radius 3 is 2.82 bits per heavy atom. The number of aromatic nitrogens is 1. The number of rotatable bonds is 5. The third kappa shape index (κ3) is 3.69. The van der Waals surface area contributed by atoms with Gasteiger partial charge in [0.2, 0.25) is 0 Å². The first-order chi connectivity index (χ1) is 13.5. The van der Waals surface area contributed by atoms with E-state index in [1.807, 2.05) is 30.1 Å². The maximum atomic E-state index is 13.0. The zero-order valence-corrected chi connectivity index (χ0v) is 17.6. The summed E-state index contributed by atoms with van der Waals surface area (Å²) in [5.74, 6) is 0.173. The van der Waals surface area contributed by atoms with Gasteiger partial charge in [-0.3, -0.25) is 4.79 Å². The average molecular weight is 395 g/mol. The Balaban J connectivity index is 1.45. The highest BCUT2D eigenvalue weighted by atomic mass is 32.1. The number of amides is 1. The molecular weight excluding hydrogens is 366 g/mol. The van der Waals surface area contributed by atoms with E-state index >= 15 is 0 Å². The van der Waals surface area contributed by atoms with Crippen LogP contribution in [-0.2, 0) is 11.2 Å². The second-order valence-electron chi connectivity index (χ2n) is 7.87. The van der Waals surface area contributed by atoms with Gasteiger partial charge in [0.1, 0.15) is 11.0 Å². The Morgan fingerprint density at radius 1 is 1.25 bits per heavy atom. The minimum absolute atomic E-state index is 0.0173. The lowest BCUT2D eigenvalue weighted by molar-refractivity contribution is -0.905. The molecule has 0 radical (unpaired) electrons. The van der Waals surface area contributed by atoms with Crippen LogP contribution in [0.25, 0.3) is 10.2 Å². The van der Waals surface area contributed by atoms with Crippen molar-refractivity contribution >= 4 is 27.5 Å². The van der Waals surface area contributed by atoms with Crippen molar-refractivity contribution in [3.8, 4) is 0 Å². The topological polar surface area (TPSA) is 37.6 Å². The van der Waals surface area contributed by atoms with Gasteiger partial charge in [-0.15, -0.1) is 11.3 Å². The number of quaternary nitrogens is 1. The minimum atomic E-state index is -0.0173. The van der Waals surface area contributed by atoms with Gasteiger partial charge in [-0.05, 0) is 37.5 Å². The van der Waals surface area contributed by atoms with Crippen molar-refractivity contribution < 1.29 is 9.69 Å². The lowest BCUT2D eigenvalue weighted by Gasteiger charge is -2.32. The van der Waals surface area contributed by atoms with Gasteiger partial charge in [-0.25, -0.2) is 4.98 Å². The molecule has 3 aromatic rings. The van der Waals surface area contributed by atoms with Gasteiger partial charge in [0.25, 0.3) is 5.91 Å². The quantitative estimate of drug-likeness (QED) is 0.720. The Labute approximate surface area is 170 Å². The van der Waals surface area contributed by atoms with Crippen molar-refractivity contribution in [1.29, 1.82) is 0 Å². The summed E-state index contributed by atoms with van der Waals surface area (Å²) in [6.45, 7) is 2.57. The molecule has 4 nitrogen and oxygen atoms in total. The van der Waals surface area contributed by atoms with Crippen LogP contribution in [0.1, 0.15) is 48.0 Å². The summed E-state index contributed by atoms with van der Waals surface area (Å²) in [6.07, 6.45) is 3.50. The van der Waals surface area contributed by atoms with E-state index < -0.39 is 0 Å². The zero-order chi connectivity index (χ0) is 19.7. The lowest BCUT2D eigenvalue weighted by atomic mass is 9.87. The monoisotopic (exact) mass is 394 g/mol. The Kier molecular flexibility index (Phi) is 5.47. The van der Waals surface area contributed by atoms with E-state index in [1.54, 1.807) is 11.3 Å². The van der Waals surface area contributed by atoms with Crippen LogP contribution in [0.4, 0.5) is 0 Å². The van der Waals surface area contributed by atoms with Crippen molar-refractivity contribution in [2.45, 2.75) is 38.3 Å². The molecule has 146 valence electrons. The summed E-state index contributed by atoms with van der Waals surface area (Å²) in [6, 6.07) is 17.2. The molecule has 1 N–H and O–H groups in total. The molecule has 4 rings (SSSR count). The molecule has 1 unspecified atom stereocenters. The van der Waals surface area contributed by atoms with E-state index in [4.69, 9.17) is 4.98 Å². The molecule has 1 aliphatic carbocycles. The molecule has 0 spiro atoms. The molecule has 1 aromatic heterocycles. The second kappa shape index (κ2) is 8.02. The number of nitrogens with one attached hydrogen (secondary N) is 1. The first kappa shape index (κ1) is 19.1. The average Bonchev–Trinajstić information content (AvgIpc) is 3.16. The van der Waals surface area contributed by atoms with Gasteiger partial charge < -0.3 is 9.80 Å². The summed E-state index contributed by atoms with van der Waals surface area (Å²) in [5, 5.41) is 0.998. The third-order valence-electron chi connectivity index (χ3n) is 6.04. The highest BCUT2D eigenvalue weighted by Gasteiger charge is 2.30. The van der Waals surface area contributed by atoms with Crippen LogP contribution in [0.5, 0.6) is 0 Å². The number of para-hydroxylation sites is 1. The van der Waals surface area contributed by atoms with Crippen LogP contribution in [0, 0.1) is 0 Å². The SMILES string of the molecule is C[C@@H](c1nc2ccccc2s1)N(C)C(=O)C[NH+](C)[C@@H]1CCCc2ccccc21. The first-order valence-electron chi connectivity index (χ1n) is 10.1. The van der Waals surface area contributed by atoms with Crippen molar-refractivity contribution in [3.05, 3.63) is 64.7 Å². The first-order valence-corrected chi connectivity index (χ1v) is 10.9. The maximum Gasteiger partial charge on any atom is 0.278 e. The zero-order valence-electron chi connectivity index (χ0n) is 16.8. The predicted octanol–water partition coefficient (Wildman–Crippen LogP) is 3.41. The molecule has 0 fully saturated rings. The van der Waals surface area contributed by atoms with Crippen molar-refractivity contribution in [1.82, 2.24) is 9.88 Å². The number of fused-ring (bicyclic) bond motifs is 2. The van der Waals surface area contributed by atoms with E-state index in [9.17, 15) is 4.79 Å². The van der Waals surface area contributed by atoms with Crippen LogP contribution in [-0.4, -0.2) is 36.4 Å². The maximum absolute atomic E-state index is 13.0. The molecule has 0 aliphatic heterocycles.